The first-order valence-corrected chi connectivity index (χ1v) is 23.5. The molecule has 0 saturated heterocycles. The number of rotatable bonds is 13. The molecule has 1 N–H and O–H groups in total. The van der Waals surface area contributed by atoms with Gasteiger partial charge in [-0.3, -0.25) is 4.55 Å². The first-order chi connectivity index (χ1) is 28.0. The molecule has 2 aliphatic heterocycles. The number of allylic oxidation sites excluding steroid dienone is 2. The van der Waals surface area contributed by atoms with Gasteiger partial charge in [0.2, 0.25) is 0 Å². The van der Waals surface area contributed by atoms with Crippen LogP contribution in [0.3, 0.4) is 0 Å². The monoisotopic (exact) mass is 913 g/mol. The van der Waals surface area contributed by atoms with Crippen LogP contribution in [-0.4, -0.2) is 60.4 Å². The molecule has 6 heterocycles. The zero-order valence-corrected chi connectivity index (χ0v) is 36.9. The minimum absolute atomic E-state index is 0.171. The summed E-state index contributed by atoms with van der Waals surface area (Å²) in [5, 5.41) is 4.24. The molecule has 6 aromatic rings. The molecule has 0 amide bonds. The van der Waals surface area contributed by atoms with Crippen molar-refractivity contribution >= 4 is 91.3 Å². The van der Waals surface area contributed by atoms with Crippen molar-refractivity contribution in [2.75, 3.05) is 33.4 Å². The number of aromatic nitrogens is 2. The molecule has 0 fully saturated rings. The number of hydrogen-bond acceptors (Lipinski definition) is 7. The van der Waals surface area contributed by atoms with Crippen molar-refractivity contribution < 1.29 is 22.4 Å². The Morgan fingerprint density at radius 1 is 0.759 bits per heavy atom. The van der Waals surface area contributed by atoms with Crippen LogP contribution in [0.25, 0.3) is 44.7 Å². The fourth-order valence-corrected chi connectivity index (χ4v) is 11.3. The Morgan fingerprint density at radius 2 is 1.29 bits per heavy atom. The van der Waals surface area contributed by atoms with Crippen molar-refractivity contribution in [1.29, 1.82) is 0 Å². The molecule has 8 rings (SSSR count). The lowest BCUT2D eigenvalue weighted by Gasteiger charge is -2.15. The van der Waals surface area contributed by atoms with E-state index < -0.39 is 10.1 Å². The number of ether oxygens (including phenoxy) is 2. The SMILES string of the molecule is CN(CCC/C=C/c1cn(-c2ccc(Cl)cc2Cl)c2c1CCOc1ccsc1-2)CCC/C=C/c1cn(-c2ccc(Cl)cc2Cl)c2c1CCOc1cc(S(=O)(=O)O)sc1-2. The third-order valence-electron chi connectivity index (χ3n) is 10.2. The van der Waals surface area contributed by atoms with Crippen LogP contribution in [0.1, 0.15) is 47.9 Å². The maximum atomic E-state index is 12.1. The molecule has 0 aliphatic carbocycles. The number of unbranched alkanes of at least 4 members (excludes halogenated alkanes) is 2. The highest BCUT2D eigenvalue weighted by Gasteiger charge is 2.29. The molecule has 58 heavy (non-hydrogen) atoms. The minimum Gasteiger partial charge on any atom is -0.492 e. The standard InChI is InChI=1S/C43H39Cl4N3O5S3/c1-48(17-6-2-4-8-27-25-49(35-12-10-29(44)22-33(35)46)40-31(27)14-19-54-37-16-21-56-42(37)40)18-7-3-5-9-28-26-50(36-13-11-30(45)23-34(36)47)41-32(28)15-20-55-38-24-39(57-43(38)41)58(51,52)53/h4-5,8-13,16,21-26H,2-3,6-7,14-15,17-20H2,1H3,(H,51,52,53)/b8-4+,9-5+. The lowest BCUT2D eigenvalue weighted by atomic mass is 10.1. The van der Waals surface area contributed by atoms with Crippen LogP contribution in [0, 0.1) is 0 Å². The second kappa shape index (κ2) is 17.6. The van der Waals surface area contributed by atoms with Crippen molar-refractivity contribution in [2.24, 2.45) is 0 Å². The summed E-state index contributed by atoms with van der Waals surface area (Å²) in [5.41, 5.74) is 7.93. The molecule has 0 radical (unpaired) electrons. The third kappa shape index (κ3) is 8.71. The van der Waals surface area contributed by atoms with Crippen LogP contribution in [-0.2, 0) is 23.0 Å². The largest absolute Gasteiger partial charge is 0.492 e. The Balaban J connectivity index is 0.906. The van der Waals surface area contributed by atoms with Crippen LogP contribution in [0.2, 0.25) is 20.1 Å². The molecular formula is C43H39Cl4N3O5S3. The van der Waals surface area contributed by atoms with Gasteiger partial charge in [-0.05, 0) is 116 Å². The van der Waals surface area contributed by atoms with Gasteiger partial charge in [0.05, 0.1) is 55.8 Å². The van der Waals surface area contributed by atoms with Gasteiger partial charge in [0.15, 0.2) is 4.21 Å². The van der Waals surface area contributed by atoms with E-state index in [1.165, 1.54) is 17.2 Å². The number of thiophene rings is 2. The zero-order valence-electron chi connectivity index (χ0n) is 31.4. The van der Waals surface area contributed by atoms with E-state index >= 15 is 0 Å². The maximum absolute atomic E-state index is 12.1. The van der Waals surface area contributed by atoms with Gasteiger partial charge in [0, 0.05) is 41.3 Å². The Morgan fingerprint density at radius 3 is 1.83 bits per heavy atom. The molecule has 15 heteroatoms. The quantitative estimate of drug-likeness (QED) is 0.0917. The van der Waals surface area contributed by atoms with E-state index in [0.29, 0.717) is 56.0 Å². The van der Waals surface area contributed by atoms with Crippen LogP contribution < -0.4 is 9.47 Å². The number of nitrogens with zero attached hydrogens (tertiary/aromatic N) is 3. The van der Waals surface area contributed by atoms with E-state index in [2.05, 4.69) is 52.4 Å². The van der Waals surface area contributed by atoms with Crippen molar-refractivity contribution in [1.82, 2.24) is 14.0 Å². The summed E-state index contributed by atoms with van der Waals surface area (Å²) < 4.78 is 50.0. The van der Waals surface area contributed by atoms with Crippen molar-refractivity contribution in [2.45, 2.75) is 42.7 Å². The zero-order chi connectivity index (χ0) is 40.6. The Hall–Kier alpha value is -3.49. The Bertz CT molecular complexity index is 2660. The summed E-state index contributed by atoms with van der Waals surface area (Å²) in [6.07, 6.45) is 18.3. The molecular weight excluding hydrogens is 877 g/mol. The predicted octanol–water partition coefficient (Wildman–Crippen LogP) is 12.7. The average molecular weight is 916 g/mol. The van der Waals surface area contributed by atoms with Gasteiger partial charge in [0.25, 0.3) is 0 Å². The fourth-order valence-electron chi connectivity index (χ4n) is 7.52. The topological polar surface area (TPSA) is 85.9 Å². The van der Waals surface area contributed by atoms with Gasteiger partial charge in [-0.2, -0.15) is 8.42 Å². The highest BCUT2D eigenvalue weighted by atomic mass is 35.5. The third-order valence-corrected chi connectivity index (χ3v) is 14.7. The van der Waals surface area contributed by atoms with E-state index in [4.69, 9.17) is 55.9 Å². The van der Waals surface area contributed by atoms with Gasteiger partial charge in [-0.1, -0.05) is 70.7 Å². The first-order valence-electron chi connectivity index (χ1n) is 18.8. The lowest BCUT2D eigenvalue weighted by Crippen LogP contribution is -2.20. The molecule has 0 bridgehead atoms. The molecule has 0 spiro atoms. The van der Waals surface area contributed by atoms with E-state index in [1.54, 1.807) is 29.5 Å². The Kier molecular flexibility index (Phi) is 12.5. The molecule has 302 valence electrons. The second-order valence-electron chi connectivity index (χ2n) is 14.2. The van der Waals surface area contributed by atoms with Crippen molar-refractivity contribution in [3.8, 4) is 44.0 Å². The van der Waals surface area contributed by atoms with Crippen LogP contribution >= 0.6 is 69.1 Å². The van der Waals surface area contributed by atoms with E-state index in [9.17, 15) is 13.0 Å². The van der Waals surface area contributed by atoms with Crippen molar-refractivity contribution in [3.05, 3.63) is 121 Å². The first kappa shape index (κ1) is 41.3. The summed E-state index contributed by atoms with van der Waals surface area (Å²) in [6.45, 7) is 2.92. The normalized spacial score (nSPS) is 13.9. The molecule has 0 saturated carbocycles. The smallest absolute Gasteiger partial charge is 0.304 e. The highest BCUT2D eigenvalue weighted by molar-refractivity contribution is 7.88. The molecule has 4 aromatic heterocycles. The fraction of sp³-hybridized carbons (Fsp3) is 0.256. The molecule has 8 nitrogen and oxygen atoms in total. The summed E-state index contributed by atoms with van der Waals surface area (Å²) in [4.78, 5) is 4.09. The van der Waals surface area contributed by atoms with Gasteiger partial charge < -0.3 is 23.5 Å². The minimum atomic E-state index is -4.41. The second-order valence-corrected chi connectivity index (χ2v) is 19.5. The van der Waals surface area contributed by atoms with Gasteiger partial charge in [-0.15, -0.1) is 22.7 Å². The average Bonchev–Trinajstić information content (AvgIpc) is 3.92. The van der Waals surface area contributed by atoms with Gasteiger partial charge in [0.1, 0.15) is 11.5 Å². The van der Waals surface area contributed by atoms with Crippen LogP contribution in [0.15, 0.2) is 82.7 Å². The van der Waals surface area contributed by atoms with E-state index in [0.717, 1.165) is 95.4 Å². The summed E-state index contributed by atoms with van der Waals surface area (Å²) in [7, 11) is -2.25. The number of hydrogen-bond donors (Lipinski definition) is 1. The van der Waals surface area contributed by atoms with Gasteiger partial charge in [-0.25, -0.2) is 0 Å². The summed E-state index contributed by atoms with van der Waals surface area (Å²) in [5.74, 6) is 1.32. The predicted molar refractivity (Wildman–Crippen MR) is 240 cm³/mol. The molecule has 2 aliphatic rings. The molecule has 0 atom stereocenters. The number of halogens is 4. The molecule has 0 unspecified atom stereocenters. The number of fused-ring (bicyclic) bond motifs is 6. The molecule has 2 aromatic carbocycles. The summed E-state index contributed by atoms with van der Waals surface area (Å²) in [6, 6.07) is 14.3. The van der Waals surface area contributed by atoms with E-state index in [-0.39, 0.29) is 4.21 Å². The Labute approximate surface area is 366 Å². The van der Waals surface area contributed by atoms with Gasteiger partial charge >= 0.3 is 10.1 Å². The van der Waals surface area contributed by atoms with Crippen molar-refractivity contribution in [3.63, 3.8) is 0 Å². The van der Waals surface area contributed by atoms with E-state index in [1.807, 2.05) is 35.0 Å². The summed E-state index contributed by atoms with van der Waals surface area (Å²) >= 11 is 28.5. The maximum Gasteiger partial charge on any atom is 0.304 e. The van der Waals surface area contributed by atoms with Crippen LogP contribution in [0.4, 0.5) is 0 Å². The van der Waals surface area contributed by atoms with Crippen LogP contribution in [0.5, 0.6) is 11.5 Å². The lowest BCUT2D eigenvalue weighted by molar-refractivity contribution is 0.326. The number of benzene rings is 2. The highest BCUT2D eigenvalue weighted by Crippen LogP contribution is 2.47.